The monoisotopic (exact) mass is 746 g/mol. The van der Waals surface area contributed by atoms with Gasteiger partial charge in [-0.15, -0.1) is 0 Å². The molecule has 4 saturated heterocycles. The molecule has 51 heavy (non-hydrogen) atoms. The number of carbonyl (C=O) groups excluding carboxylic acids is 2. The molecule has 2 amide bonds. The fourth-order valence-electron chi connectivity index (χ4n) is 6.26. The zero-order valence-electron chi connectivity index (χ0n) is 27.5. The molecule has 0 aromatic heterocycles. The van der Waals surface area contributed by atoms with Gasteiger partial charge in [0.1, 0.15) is 85.3 Å². The van der Waals surface area contributed by atoms with Crippen LogP contribution in [0.1, 0.15) is 20.8 Å². The van der Waals surface area contributed by atoms with Crippen LogP contribution in [0.25, 0.3) is 0 Å². The summed E-state index contributed by atoms with van der Waals surface area (Å²) in [6.45, 7) is 1.81. The molecule has 294 valence electrons. The summed E-state index contributed by atoms with van der Waals surface area (Å²) in [6, 6.07) is -3.02. The van der Waals surface area contributed by atoms with E-state index in [2.05, 4.69) is 10.6 Å². The summed E-state index contributed by atoms with van der Waals surface area (Å²) in [5.74, 6) is -3.20. The smallest absolute Gasteiger partial charge is 0.335 e. The number of carbonyl (C=O) groups is 3. The van der Waals surface area contributed by atoms with Crippen LogP contribution >= 0.6 is 0 Å². The molecule has 4 aliphatic heterocycles. The summed E-state index contributed by atoms with van der Waals surface area (Å²) < 4.78 is 38.5. The van der Waals surface area contributed by atoms with Gasteiger partial charge in [-0.3, -0.25) is 9.59 Å². The van der Waals surface area contributed by atoms with Crippen LogP contribution in [0.4, 0.5) is 0 Å². The maximum absolute atomic E-state index is 12.3. The number of hydrogen-bond acceptors (Lipinski definition) is 20. The van der Waals surface area contributed by atoms with E-state index in [4.69, 9.17) is 33.2 Å². The Morgan fingerprint density at radius 2 is 1.10 bits per heavy atom. The van der Waals surface area contributed by atoms with Gasteiger partial charge in [0.05, 0.1) is 19.3 Å². The number of ether oxygens (including phenoxy) is 7. The lowest BCUT2D eigenvalue weighted by Crippen LogP contribution is -2.69. The minimum atomic E-state index is -2.20. The number of carboxylic acids is 1. The molecule has 0 aromatic rings. The molecule has 4 heterocycles. The van der Waals surface area contributed by atoms with Crippen LogP contribution in [0, 0.1) is 0 Å². The number of aliphatic hydroxyl groups excluding tert-OH is 10. The van der Waals surface area contributed by atoms with Crippen LogP contribution in [0.2, 0.25) is 0 Å². The molecule has 4 aliphatic rings. The number of nitrogens with one attached hydrogen (secondary N) is 2. The molecule has 23 heteroatoms. The van der Waals surface area contributed by atoms with E-state index in [1.165, 1.54) is 6.92 Å². The standard InChI is InChI=1S/C28H46N2O21/c1-6-13(35)21(19(41)28(45-6)48-20-12(30-8(3)34)25(44)46-10(5-32)15(20)37)49-27-18(40)17(39)22(23(51-27)24(42)43)50-26-11(29-7(2)33)16(38)14(36)9(4-31)47-26/h6,9-23,25-28,31-32,35-41,44H,4-5H2,1-3H3,(H,29,33)(H,30,34)(H,42,43)/t6-,9+,10+,11+,12+,13+,14+,15+,16+,17+,18+,19-,20+,21+,22-,23-,25+,26+,27-,28-/m0/s1. The summed E-state index contributed by atoms with van der Waals surface area (Å²) in [5, 5.41) is 120. The van der Waals surface area contributed by atoms with Gasteiger partial charge in [-0.2, -0.15) is 0 Å². The molecule has 23 nitrogen and oxygen atoms in total. The third-order valence-corrected chi connectivity index (χ3v) is 8.94. The molecule has 0 bridgehead atoms. The van der Waals surface area contributed by atoms with Crippen molar-refractivity contribution in [2.75, 3.05) is 13.2 Å². The fraction of sp³-hybridized carbons (Fsp3) is 0.893. The van der Waals surface area contributed by atoms with Gasteiger partial charge in [-0.25, -0.2) is 4.79 Å². The van der Waals surface area contributed by atoms with Gasteiger partial charge in [0, 0.05) is 13.8 Å². The van der Waals surface area contributed by atoms with Crippen LogP contribution in [0.5, 0.6) is 0 Å². The molecule has 0 saturated carbocycles. The number of carboxylic acid groups (broad SMARTS) is 1. The first kappa shape index (κ1) is 41.5. The highest BCUT2D eigenvalue weighted by atomic mass is 16.8. The van der Waals surface area contributed by atoms with Crippen molar-refractivity contribution in [1.82, 2.24) is 10.6 Å². The molecule has 13 N–H and O–H groups in total. The molecule has 0 unspecified atom stereocenters. The second-order valence-electron chi connectivity index (χ2n) is 12.6. The lowest BCUT2D eigenvalue weighted by molar-refractivity contribution is -0.376. The highest BCUT2D eigenvalue weighted by Crippen LogP contribution is 2.34. The van der Waals surface area contributed by atoms with Gasteiger partial charge in [0.25, 0.3) is 0 Å². The van der Waals surface area contributed by atoms with Crippen LogP contribution in [0.15, 0.2) is 0 Å². The molecular weight excluding hydrogens is 700 g/mol. The van der Waals surface area contributed by atoms with Gasteiger partial charge in [-0.05, 0) is 6.92 Å². The average Bonchev–Trinajstić information content (AvgIpc) is 3.06. The Kier molecular flexibility index (Phi) is 14.0. The van der Waals surface area contributed by atoms with Crippen molar-refractivity contribution < 1.29 is 104 Å². The molecular formula is C28H46N2O21. The Hall–Kier alpha value is -2.27. The molecule has 0 aliphatic carbocycles. The summed E-state index contributed by atoms with van der Waals surface area (Å²) >= 11 is 0. The minimum Gasteiger partial charge on any atom is -0.479 e. The van der Waals surface area contributed by atoms with E-state index in [0.717, 1.165) is 13.8 Å². The molecule has 0 spiro atoms. The topological polar surface area (TPSA) is 362 Å². The molecule has 4 rings (SSSR count). The third kappa shape index (κ3) is 8.93. The first-order chi connectivity index (χ1) is 23.9. The van der Waals surface area contributed by atoms with Crippen molar-refractivity contribution in [2.24, 2.45) is 0 Å². The Balaban J connectivity index is 1.54. The average molecular weight is 747 g/mol. The highest BCUT2D eigenvalue weighted by Gasteiger charge is 2.56. The maximum atomic E-state index is 12.3. The van der Waals surface area contributed by atoms with Crippen molar-refractivity contribution in [2.45, 2.75) is 143 Å². The highest BCUT2D eigenvalue weighted by molar-refractivity contribution is 5.74. The number of aliphatic carboxylic acids is 1. The first-order valence-corrected chi connectivity index (χ1v) is 15.9. The van der Waals surface area contributed by atoms with Crippen LogP contribution in [-0.2, 0) is 47.5 Å². The largest absolute Gasteiger partial charge is 0.479 e. The predicted molar refractivity (Wildman–Crippen MR) is 156 cm³/mol. The number of rotatable bonds is 11. The zero-order chi connectivity index (χ0) is 38.1. The molecule has 4 fully saturated rings. The lowest BCUT2D eigenvalue weighted by atomic mass is 9.94. The molecule has 20 atom stereocenters. The third-order valence-electron chi connectivity index (χ3n) is 8.94. The second kappa shape index (κ2) is 17.3. The number of aliphatic hydroxyl groups is 10. The quantitative estimate of drug-likeness (QED) is 0.0933. The Bertz CT molecular complexity index is 1200. The van der Waals surface area contributed by atoms with Crippen LogP contribution in [-0.4, -0.2) is 210 Å². The van der Waals surface area contributed by atoms with Gasteiger partial charge in [0.2, 0.25) is 11.8 Å². The molecule has 0 aromatic carbocycles. The van der Waals surface area contributed by atoms with E-state index >= 15 is 0 Å². The van der Waals surface area contributed by atoms with Crippen molar-refractivity contribution in [3.8, 4) is 0 Å². The Morgan fingerprint density at radius 1 is 0.569 bits per heavy atom. The zero-order valence-corrected chi connectivity index (χ0v) is 27.5. The van der Waals surface area contributed by atoms with E-state index in [9.17, 15) is 70.6 Å². The van der Waals surface area contributed by atoms with Crippen molar-refractivity contribution >= 4 is 17.8 Å². The van der Waals surface area contributed by atoms with E-state index < -0.39 is 154 Å². The van der Waals surface area contributed by atoms with Crippen molar-refractivity contribution in [1.29, 1.82) is 0 Å². The van der Waals surface area contributed by atoms with Gasteiger partial charge in [0.15, 0.2) is 31.3 Å². The van der Waals surface area contributed by atoms with Crippen LogP contribution in [0.3, 0.4) is 0 Å². The summed E-state index contributed by atoms with van der Waals surface area (Å²) in [7, 11) is 0. The first-order valence-electron chi connectivity index (χ1n) is 15.9. The molecule has 0 radical (unpaired) electrons. The Morgan fingerprint density at radius 3 is 1.67 bits per heavy atom. The van der Waals surface area contributed by atoms with Crippen LogP contribution < -0.4 is 10.6 Å². The van der Waals surface area contributed by atoms with E-state index in [1.807, 2.05) is 0 Å². The lowest BCUT2D eigenvalue weighted by Gasteiger charge is -2.49. The number of hydrogen-bond donors (Lipinski definition) is 13. The summed E-state index contributed by atoms with van der Waals surface area (Å²) in [4.78, 5) is 35.9. The van der Waals surface area contributed by atoms with E-state index in [-0.39, 0.29) is 0 Å². The van der Waals surface area contributed by atoms with Crippen molar-refractivity contribution in [3.05, 3.63) is 0 Å². The maximum Gasteiger partial charge on any atom is 0.335 e. The van der Waals surface area contributed by atoms with Gasteiger partial charge < -0.3 is 100.0 Å². The summed E-state index contributed by atoms with van der Waals surface area (Å²) in [5.41, 5.74) is 0. The predicted octanol–water partition coefficient (Wildman–Crippen LogP) is -8.34. The van der Waals surface area contributed by atoms with E-state index in [1.54, 1.807) is 0 Å². The van der Waals surface area contributed by atoms with Gasteiger partial charge >= 0.3 is 5.97 Å². The summed E-state index contributed by atoms with van der Waals surface area (Å²) in [6.07, 6.45) is -32.7. The van der Waals surface area contributed by atoms with Gasteiger partial charge in [-0.1, -0.05) is 0 Å². The minimum absolute atomic E-state index is 0.680. The normalized spacial score (nSPS) is 47.7. The number of amides is 2. The second-order valence-corrected chi connectivity index (χ2v) is 12.6. The SMILES string of the molecule is CC(=O)N[C@@H]1[C@@H](O[C@@H]2O[C@@H](C)[C@@H](O)[C@@H](O[C@H]3O[C@H](C(=O)O)[C@@H](O[C@H]4O[C@H](CO)[C@@H](O)[C@H](O)[C@H]4NC(C)=O)[C@H](O)[C@H]3O)[C@@H]2O)[C@H](O)[C@@H](CO)O[C@H]1O. The van der Waals surface area contributed by atoms with E-state index in [0.29, 0.717) is 0 Å². The fourth-order valence-corrected chi connectivity index (χ4v) is 6.26. The Labute approximate surface area is 289 Å². The van der Waals surface area contributed by atoms with Crippen molar-refractivity contribution in [3.63, 3.8) is 0 Å².